The van der Waals surface area contributed by atoms with E-state index in [1.807, 2.05) is 0 Å². The van der Waals surface area contributed by atoms with E-state index in [0.717, 1.165) is 61.1 Å². The number of unbranched alkanes of at least 4 members (excludes halogenated alkanes) is 4. The van der Waals surface area contributed by atoms with Gasteiger partial charge in [-0.25, -0.2) is 28.6 Å². The molecule has 1 saturated heterocycles. The van der Waals surface area contributed by atoms with Gasteiger partial charge in [-0.05, 0) is 6.42 Å². The molecule has 324 valence electrons. The number of phosphoric ester groups is 3. The lowest BCUT2D eigenvalue weighted by atomic mass is 9.87. The number of phosphoric acid groups is 3. The minimum Gasteiger partial charge on any atom is -0.386 e. The Balaban J connectivity index is 1.45. The van der Waals surface area contributed by atoms with Crippen molar-refractivity contribution in [3.63, 3.8) is 0 Å². The lowest BCUT2D eigenvalue weighted by Gasteiger charge is -2.30. The number of anilines is 1. The van der Waals surface area contributed by atoms with E-state index in [1.54, 1.807) is 0 Å². The van der Waals surface area contributed by atoms with Gasteiger partial charge in [0.25, 0.3) is 0 Å². The van der Waals surface area contributed by atoms with Crippen LogP contribution in [0, 0.1) is 5.41 Å². The lowest BCUT2D eigenvalue weighted by Crippen LogP contribution is -2.46. The summed E-state index contributed by atoms with van der Waals surface area (Å²) in [4.78, 5) is 87.6. The van der Waals surface area contributed by atoms with Crippen LogP contribution in [0.25, 0.3) is 11.2 Å². The van der Waals surface area contributed by atoms with Crippen molar-refractivity contribution in [3.05, 3.63) is 12.7 Å². The number of rotatable bonds is 25. The summed E-state index contributed by atoms with van der Waals surface area (Å²) in [7, 11) is -16.4. The molecule has 0 radical (unpaired) electrons. The number of fused-ring (bicyclic) bond motifs is 1. The third-order valence-electron chi connectivity index (χ3n) is 8.25. The molecule has 0 spiro atoms. The number of nitrogens with one attached hydrogen (secondary N) is 2. The van der Waals surface area contributed by atoms with Gasteiger partial charge in [0.15, 0.2) is 22.8 Å². The Bertz CT molecular complexity index is 1820. The van der Waals surface area contributed by atoms with Crippen molar-refractivity contribution >= 4 is 69.1 Å². The van der Waals surface area contributed by atoms with E-state index in [2.05, 4.69) is 41.3 Å². The van der Waals surface area contributed by atoms with Gasteiger partial charge < -0.3 is 50.9 Å². The molecule has 0 aromatic carbocycles. The third kappa shape index (κ3) is 15.9. The summed E-state index contributed by atoms with van der Waals surface area (Å²) in [5.41, 5.74) is 4.27. The van der Waals surface area contributed by atoms with Crippen LogP contribution < -0.4 is 16.4 Å². The van der Waals surface area contributed by atoms with Gasteiger partial charge in [0.1, 0.15) is 36.3 Å². The quantitative estimate of drug-likeness (QED) is 0.0496. The number of hydrogen-bond acceptors (Lipinski definition) is 18. The second-order valence-electron chi connectivity index (χ2n) is 13.5. The highest BCUT2D eigenvalue weighted by molar-refractivity contribution is 8.13. The molecule has 0 aliphatic carbocycles. The Morgan fingerprint density at radius 3 is 2.37 bits per heavy atom. The number of imidazole rings is 1. The second kappa shape index (κ2) is 21.7. The minimum absolute atomic E-state index is 0.0325. The maximum Gasteiger partial charge on any atom is 0.481 e. The summed E-state index contributed by atoms with van der Waals surface area (Å²) < 4.78 is 62.1. The van der Waals surface area contributed by atoms with E-state index in [1.165, 1.54) is 13.8 Å². The van der Waals surface area contributed by atoms with Crippen molar-refractivity contribution < 1.29 is 80.5 Å². The first-order valence-electron chi connectivity index (χ1n) is 17.6. The first-order chi connectivity index (χ1) is 26.6. The van der Waals surface area contributed by atoms with Crippen LogP contribution in [0.5, 0.6) is 0 Å². The summed E-state index contributed by atoms with van der Waals surface area (Å²) in [6.45, 7) is 2.67. The molecule has 3 heterocycles. The van der Waals surface area contributed by atoms with Crippen LogP contribution in [-0.4, -0.2) is 123 Å². The Hall–Kier alpha value is -2.44. The topological polar surface area (TPSA) is 364 Å². The predicted molar refractivity (Wildman–Crippen MR) is 200 cm³/mol. The molecule has 0 bridgehead atoms. The number of carbonyl (C=O) groups is 3. The number of hydrogen-bond donors (Lipinski definition) is 9. The normalized spacial score (nSPS) is 21.5. The average molecular weight is 894 g/mol. The molecule has 2 aromatic rings. The molecular formula is C29H50N7O17P3S. The zero-order valence-electron chi connectivity index (χ0n) is 31.3. The number of ether oxygens (including phenoxy) is 1. The molecule has 57 heavy (non-hydrogen) atoms. The third-order valence-corrected chi connectivity index (χ3v) is 12.3. The minimum atomic E-state index is -5.57. The average Bonchev–Trinajstić information content (AvgIpc) is 3.68. The summed E-state index contributed by atoms with van der Waals surface area (Å²) >= 11 is 1.13. The first-order valence-corrected chi connectivity index (χ1v) is 23.1. The van der Waals surface area contributed by atoms with Crippen molar-refractivity contribution in [2.45, 2.75) is 96.4 Å². The van der Waals surface area contributed by atoms with Gasteiger partial charge in [0.05, 0.1) is 19.5 Å². The van der Waals surface area contributed by atoms with E-state index in [4.69, 9.17) is 19.5 Å². The molecule has 0 saturated carbocycles. The Kier molecular flexibility index (Phi) is 18.6. The lowest BCUT2D eigenvalue weighted by molar-refractivity contribution is -0.137. The molecule has 3 rings (SSSR count). The molecule has 7 atom stereocenters. The monoisotopic (exact) mass is 893 g/mol. The van der Waals surface area contributed by atoms with E-state index in [0.29, 0.717) is 12.2 Å². The fourth-order valence-corrected chi connectivity index (χ4v) is 8.79. The highest BCUT2D eigenvalue weighted by Gasteiger charge is 2.50. The summed E-state index contributed by atoms with van der Waals surface area (Å²) in [5, 5.41) is 26.5. The Labute approximate surface area is 331 Å². The van der Waals surface area contributed by atoms with E-state index in [9.17, 15) is 57.9 Å². The Morgan fingerprint density at radius 1 is 1.00 bits per heavy atom. The van der Waals surface area contributed by atoms with Crippen LogP contribution in [0.2, 0.25) is 0 Å². The molecule has 28 heteroatoms. The van der Waals surface area contributed by atoms with Crippen LogP contribution in [0.3, 0.4) is 0 Å². The Morgan fingerprint density at radius 2 is 1.68 bits per heavy atom. The van der Waals surface area contributed by atoms with Crippen LogP contribution in [0.4, 0.5) is 5.82 Å². The number of amides is 2. The smallest absolute Gasteiger partial charge is 0.386 e. The highest BCUT2D eigenvalue weighted by atomic mass is 32.2. The van der Waals surface area contributed by atoms with Crippen molar-refractivity contribution in [2.75, 3.05) is 37.8 Å². The van der Waals surface area contributed by atoms with Crippen LogP contribution >= 0.6 is 35.2 Å². The summed E-state index contributed by atoms with van der Waals surface area (Å²) in [6.07, 6.45) is -1.22. The zero-order chi connectivity index (χ0) is 42.6. The number of nitrogens with zero attached hydrogens (tertiary/aromatic N) is 4. The van der Waals surface area contributed by atoms with Crippen molar-refractivity contribution in [1.29, 1.82) is 0 Å². The standard InChI is InChI=1S/C29H50N7O17P3S/c1-4-5-6-7-8-9-20(38)57-13-12-31-19(37)10-11-32-27(41)24(40)29(2,3)15-50-56(47,48)53-55(45,46)49-14-18-23(52-54(42,43)44)22(39)28(51-18)36-17-35-21-25(30)33-16-34-26(21)36/h16-18,22-24,28,39-40H,4-15H2,1-3H3,(H,31,37)(H,32,41)(H,45,46)(H,47,48)(H2,30,33,34)(H2,42,43,44)/t18-,22+,23-,24-,28-/m1/s1. The maximum atomic E-state index is 12.7. The number of thioether (sulfide) groups is 1. The largest absolute Gasteiger partial charge is 0.481 e. The van der Waals surface area contributed by atoms with Crippen molar-refractivity contribution in [1.82, 2.24) is 30.2 Å². The van der Waals surface area contributed by atoms with Gasteiger partial charge in [-0.2, -0.15) is 4.31 Å². The fourth-order valence-electron chi connectivity index (χ4n) is 5.24. The van der Waals surface area contributed by atoms with Gasteiger partial charge in [-0.1, -0.05) is 58.2 Å². The summed E-state index contributed by atoms with van der Waals surface area (Å²) in [5.74, 6) is -1.03. The van der Waals surface area contributed by atoms with Crippen LogP contribution in [0.1, 0.15) is 71.9 Å². The maximum absolute atomic E-state index is 12.7. The van der Waals surface area contributed by atoms with Gasteiger partial charge in [-0.15, -0.1) is 0 Å². The molecule has 2 unspecified atom stereocenters. The molecule has 2 aromatic heterocycles. The van der Waals surface area contributed by atoms with Gasteiger partial charge in [0, 0.05) is 37.1 Å². The van der Waals surface area contributed by atoms with E-state index in [-0.39, 0.29) is 41.6 Å². The molecule has 10 N–H and O–H groups in total. The van der Waals surface area contributed by atoms with E-state index < -0.39 is 84.6 Å². The molecule has 1 aliphatic heterocycles. The zero-order valence-corrected chi connectivity index (χ0v) is 34.8. The number of aliphatic hydroxyl groups excluding tert-OH is 2. The molecule has 24 nitrogen and oxygen atoms in total. The number of carbonyl (C=O) groups excluding carboxylic acids is 3. The first kappa shape index (κ1) is 48.9. The summed E-state index contributed by atoms with van der Waals surface area (Å²) in [6, 6.07) is 0. The van der Waals surface area contributed by atoms with Gasteiger partial charge in [-0.3, -0.25) is 32.5 Å². The number of nitrogen functional groups attached to an aromatic ring is 1. The van der Waals surface area contributed by atoms with Crippen LogP contribution in [0.15, 0.2) is 12.7 Å². The van der Waals surface area contributed by atoms with E-state index >= 15 is 0 Å². The van der Waals surface area contributed by atoms with Crippen LogP contribution in [-0.2, 0) is 50.7 Å². The van der Waals surface area contributed by atoms with Crippen molar-refractivity contribution in [2.24, 2.45) is 5.41 Å². The van der Waals surface area contributed by atoms with Gasteiger partial charge >= 0.3 is 23.5 Å². The molecule has 1 fully saturated rings. The highest BCUT2D eigenvalue weighted by Crippen LogP contribution is 2.61. The molecule has 2 amide bonds. The SMILES string of the molecule is CCCCCCCC(=O)SCCNC(=O)CCNC(=O)[C@@H](O)C(C)(C)COP(=O)(O)OP(=O)(O)OC[C@H]1O[C@@H](n2cnc3c(N)ncnc32)[C@@H](O)[C@@H]1OP(=O)(O)O. The predicted octanol–water partition coefficient (Wildman–Crippen LogP) is 1.03. The number of nitrogens with two attached hydrogens (primary N) is 1. The number of aliphatic hydroxyl groups is 2. The van der Waals surface area contributed by atoms with Crippen molar-refractivity contribution in [3.8, 4) is 0 Å². The fraction of sp³-hybridized carbons (Fsp3) is 0.724. The molecular weight excluding hydrogens is 843 g/mol. The van der Waals surface area contributed by atoms with Gasteiger partial charge in [0.2, 0.25) is 11.8 Å². The second-order valence-corrected chi connectivity index (χ2v) is 18.8. The number of aromatic nitrogens is 4. The molecule has 1 aliphatic rings.